The molecule has 3 heterocycles. The van der Waals surface area contributed by atoms with Gasteiger partial charge in [0.25, 0.3) is 0 Å². The van der Waals surface area contributed by atoms with Crippen molar-refractivity contribution in [2.45, 2.75) is 19.3 Å². The third-order valence-corrected chi connectivity index (χ3v) is 10.8. The Balaban J connectivity index is 1.18. The van der Waals surface area contributed by atoms with Gasteiger partial charge in [-0.2, -0.15) is 0 Å². The summed E-state index contributed by atoms with van der Waals surface area (Å²) in [5.74, 6) is 3.29. The summed E-state index contributed by atoms with van der Waals surface area (Å²) in [6, 6.07) is 52.1. The summed E-state index contributed by atoms with van der Waals surface area (Å²) in [6.07, 6.45) is 0. The molecule has 4 heteroatoms. The summed E-state index contributed by atoms with van der Waals surface area (Å²) < 4.78 is 15.8. The van der Waals surface area contributed by atoms with Crippen LogP contribution in [0.4, 0.5) is 17.1 Å². The molecule has 0 unspecified atom stereocenters. The van der Waals surface area contributed by atoms with Gasteiger partial charge in [0.1, 0.15) is 5.69 Å². The highest BCUT2D eigenvalue weighted by Gasteiger charge is 2.37. The maximum Gasteiger partial charge on any atom is 0.176 e. The van der Waals surface area contributed by atoms with Crippen molar-refractivity contribution in [3.05, 3.63) is 157 Å². The van der Waals surface area contributed by atoms with Crippen molar-refractivity contribution in [1.82, 2.24) is 4.57 Å². The standard InChI is InChI=1S/C45H30N2O2/c1-45(2)35-14-7-6-12-31(35)34-26-30(22-24-36(34)45)46(29-20-18-28(19-21-29)27-10-4-3-5-11-27)37-25-23-33-32-13-8-15-38-41(32)47-42(33)44(37)49-40-17-9-16-39(48-38)43(40)47/h3-26H,1-2H3. The van der Waals surface area contributed by atoms with E-state index in [1.165, 1.54) is 33.4 Å². The molecule has 49 heavy (non-hydrogen) atoms. The van der Waals surface area contributed by atoms with Gasteiger partial charge in [-0.05, 0) is 88.0 Å². The molecule has 0 radical (unpaired) electrons. The fourth-order valence-corrected chi connectivity index (χ4v) is 8.49. The Bertz CT molecular complexity index is 2690. The van der Waals surface area contributed by atoms with Crippen molar-refractivity contribution in [3.63, 3.8) is 0 Å². The van der Waals surface area contributed by atoms with E-state index in [1.807, 2.05) is 18.2 Å². The highest BCUT2D eigenvalue weighted by molar-refractivity contribution is 6.16. The second kappa shape index (κ2) is 9.42. The molecule has 0 N–H and O–H groups in total. The Hall–Kier alpha value is -6.26. The Morgan fingerprint density at radius 2 is 1.18 bits per heavy atom. The molecule has 3 aliphatic rings. The number of ether oxygens (including phenoxy) is 2. The van der Waals surface area contributed by atoms with E-state index in [-0.39, 0.29) is 5.41 Å². The van der Waals surface area contributed by atoms with Crippen LogP contribution in [0.1, 0.15) is 25.0 Å². The lowest BCUT2D eigenvalue weighted by Crippen LogP contribution is -2.16. The average molecular weight is 631 g/mol. The van der Waals surface area contributed by atoms with Crippen LogP contribution < -0.4 is 14.4 Å². The zero-order chi connectivity index (χ0) is 32.4. The quantitative estimate of drug-likeness (QED) is 0.194. The molecule has 0 bridgehead atoms. The fourth-order valence-electron chi connectivity index (χ4n) is 8.49. The topological polar surface area (TPSA) is 26.6 Å². The molecule has 7 aromatic carbocycles. The average Bonchev–Trinajstić information content (AvgIpc) is 3.60. The van der Waals surface area contributed by atoms with Gasteiger partial charge in [0.05, 0.1) is 16.7 Å². The highest BCUT2D eigenvalue weighted by atomic mass is 16.5. The molecule has 8 aromatic rings. The van der Waals surface area contributed by atoms with Gasteiger partial charge < -0.3 is 14.4 Å². The summed E-state index contributed by atoms with van der Waals surface area (Å²) in [5, 5.41) is 2.30. The number of hydrogen-bond donors (Lipinski definition) is 0. The zero-order valence-corrected chi connectivity index (χ0v) is 27.1. The predicted octanol–water partition coefficient (Wildman–Crippen LogP) is 12.4. The van der Waals surface area contributed by atoms with E-state index < -0.39 is 0 Å². The van der Waals surface area contributed by atoms with Crippen molar-refractivity contribution in [2.24, 2.45) is 0 Å². The van der Waals surface area contributed by atoms with Gasteiger partial charge in [-0.1, -0.05) is 105 Å². The monoisotopic (exact) mass is 630 g/mol. The Morgan fingerprint density at radius 1 is 0.510 bits per heavy atom. The van der Waals surface area contributed by atoms with Crippen LogP contribution in [0.2, 0.25) is 0 Å². The molecule has 0 spiro atoms. The molecule has 1 aromatic heterocycles. The first-order valence-corrected chi connectivity index (χ1v) is 16.9. The summed E-state index contributed by atoms with van der Waals surface area (Å²) in [7, 11) is 0. The van der Waals surface area contributed by atoms with Crippen molar-refractivity contribution in [2.75, 3.05) is 4.90 Å². The van der Waals surface area contributed by atoms with Crippen LogP contribution in [-0.2, 0) is 5.41 Å². The molecule has 0 atom stereocenters. The molecular formula is C45H30N2O2. The number of para-hydroxylation sites is 2. The first-order chi connectivity index (χ1) is 24.1. The third-order valence-electron chi connectivity index (χ3n) is 10.8. The van der Waals surface area contributed by atoms with Crippen LogP contribution >= 0.6 is 0 Å². The van der Waals surface area contributed by atoms with Gasteiger partial charge in [0, 0.05) is 27.6 Å². The smallest absolute Gasteiger partial charge is 0.176 e. The number of anilines is 3. The Labute approximate surface area is 284 Å². The zero-order valence-electron chi connectivity index (χ0n) is 27.1. The number of hydrogen-bond acceptors (Lipinski definition) is 3. The van der Waals surface area contributed by atoms with E-state index in [9.17, 15) is 0 Å². The minimum Gasteiger partial charge on any atom is -0.453 e. The molecule has 232 valence electrons. The predicted molar refractivity (Wildman–Crippen MR) is 199 cm³/mol. The van der Waals surface area contributed by atoms with Crippen molar-refractivity contribution in [1.29, 1.82) is 0 Å². The first-order valence-electron chi connectivity index (χ1n) is 16.9. The lowest BCUT2D eigenvalue weighted by molar-refractivity contribution is 0.444. The molecule has 11 rings (SSSR count). The molecule has 1 aliphatic carbocycles. The summed E-state index contributed by atoms with van der Waals surface area (Å²) >= 11 is 0. The summed E-state index contributed by atoms with van der Waals surface area (Å²) in [6.45, 7) is 4.66. The van der Waals surface area contributed by atoms with E-state index in [0.717, 1.165) is 67.6 Å². The van der Waals surface area contributed by atoms with Crippen LogP contribution in [0.25, 0.3) is 49.7 Å². The molecule has 0 fully saturated rings. The fraction of sp³-hybridized carbons (Fsp3) is 0.0667. The van der Waals surface area contributed by atoms with Gasteiger partial charge in [0.15, 0.2) is 23.0 Å². The number of fused-ring (bicyclic) bond motifs is 4. The van der Waals surface area contributed by atoms with Crippen LogP contribution in [0, 0.1) is 0 Å². The number of rotatable bonds is 4. The number of nitrogens with zero attached hydrogens (tertiary/aromatic N) is 2. The Kier molecular flexibility index (Phi) is 5.15. The first kappa shape index (κ1) is 26.8. The van der Waals surface area contributed by atoms with Gasteiger partial charge in [-0.3, -0.25) is 4.57 Å². The van der Waals surface area contributed by atoms with E-state index in [4.69, 9.17) is 9.47 Å². The van der Waals surface area contributed by atoms with Gasteiger partial charge in [-0.15, -0.1) is 0 Å². The van der Waals surface area contributed by atoms with E-state index >= 15 is 0 Å². The van der Waals surface area contributed by atoms with Gasteiger partial charge in [-0.25, -0.2) is 0 Å². The molecular weight excluding hydrogens is 601 g/mol. The lowest BCUT2D eigenvalue weighted by atomic mass is 9.82. The third kappa shape index (κ3) is 3.53. The van der Waals surface area contributed by atoms with Gasteiger partial charge in [0.2, 0.25) is 0 Å². The number of aromatic nitrogens is 1. The van der Waals surface area contributed by atoms with Crippen LogP contribution in [0.15, 0.2) is 146 Å². The molecule has 2 aliphatic heterocycles. The van der Waals surface area contributed by atoms with E-state index in [0.29, 0.717) is 0 Å². The molecule has 4 nitrogen and oxygen atoms in total. The van der Waals surface area contributed by atoms with Crippen LogP contribution in [-0.4, -0.2) is 4.57 Å². The van der Waals surface area contributed by atoms with Crippen LogP contribution in [0.5, 0.6) is 23.0 Å². The van der Waals surface area contributed by atoms with Crippen molar-refractivity contribution in [3.8, 4) is 50.9 Å². The number of benzene rings is 7. The largest absolute Gasteiger partial charge is 0.453 e. The second-order valence-corrected chi connectivity index (χ2v) is 13.8. The summed E-state index contributed by atoms with van der Waals surface area (Å²) in [4.78, 5) is 2.36. The Morgan fingerprint density at radius 3 is 2.04 bits per heavy atom. The molecule has 0 amide bonds. The maximum absolute atomic E-state index is 6.98. The van der Waals surface area contributed by atoms with Gasteiger partial charge >= 0.3 is 0 Å². The normalized spacial score (nSPS) is 14.0. The van der Waals surface area contributed by atoms with Crippen LogP contribution in [0.3, 0.4) is 0 Å². The minimum absolute atomic E-state index is 0.0729. The van der Waals surface area contributed by atoms with E-state index in [2.05, 4.69) is 151 Å². The SMILES string of the molecule is CC1(C)c2ccccc2-c2cc(N(c3ccc(-c4ccccc4)cc3)c3ccc4c5cccc6c5n5c4c3Oc3cccc(c3-5)O6)ccc21. The molecule has 0 saturated carbocycles. The maximum atomic E-state index is 6.98. The highest BCUT2D eigenvalue weighted by Crippen LogP contribution is 2.58. The van der Waals surface area contributed by atoms with Crippen molar-refractivity contribution < 1.29 is 9.47 Å². The second-order valence-electron chi connectivity index (χ2n) is 13.8. The van der Waals surface area contributed by atoms with Crippen molar-refractivity contribution >= 4 is 38.9 Å². The lowest BCUT2D eigenvalue weighted by Gasteiger charge is -2.32. The van der Waals surface area contributed by atoms with E-state index in [1.54, 1.807) is 0 Å². The minimum atomic E-state index is -0.0729. The molecule has 0 saturated heterocycles. The summed E-state index contributed by atoms with van der Waals surface area (Å²) in [5.41, 5.74) is 13.8.